The number of rotatable bonds is 5. The zero-order valence-corrected chi connectivity index (χ0v) is 17.6. The third-order valence-corrected chi connectivity index (χ3v) is 6.85. The van der Waals surface area contributed by atoms with Crippen molar-refractivity contribution in [1.29, 1.82) is 0 Å². The van der Waals surface area contributed by atoms with E-state index in [9.17, 15) is 8.42 Å². The van der Waals surface area contributed by atoms with E-state index in [4.69, 9.17) is 10.0 Å². The van der Waals surface area contributed by atoms with Crippen LogP contribution in [0.1, 0.15) is 39.5 Å². The van der Waals surface area contributed by atoms with Crippen LogP contribution in [0.25, 0.3) is 0 Å². The zero-order chi connectivity index (χ0) is 19.3. The van der Waals surface area contributed by atoms with Gasteiger partial charge < -0.3 is 10.0 Å². The number of hydrogen-bond acceptors (Lipinski definition) is 6. The van der Waals surface area contributed by atoms with Crippen molar-refractivity contribution in [2.45, 2.75) is 50.8 Å². The Kier molecular flexibility index (Phi) is 8.30. The lowest BCUT2D eigenvalue weighted by molar-refractivity contribution is 0.426. The normalized spacial score (nSPS) is 12.0. The molecule has 9 heteroatoms. The molecule has 2 aromatic heterocycles. The van der Waals surface area contributed by atoms with Crippen LogP contribution in [0.15, 0.2) is 33.2 Å². The molecule has 2 aromatic rings. The minimum atomic E-state index is -3.36. The highest BCUT2D eigenvalue weighted by Crippen LogP contribution is 2.24. The smallest absolute Gasteiger partial charge is 0.423 e. The maximum Gasteiger partial charge on any atom is 0.489 e. The van der Waals surface area contributed by atoms with Crippen LogP contribution < -0.4 is 10.2 Å². The highest BCUT2D eigenvalue weighted by atomic mass is 32.2. The standard InChI is InChI=1S/C12H21NO2S2.C4H5BO2S/c1-9(2)8-10-6-7-11(16-10)17(14,15)13-12(3,4)5;6-5(7)4-1-2-8-3-4/h6-7,9,13H,8H2,1-5H3;1-3,6-7H. The summed E-state index contributed by atoms with van der Waals surface area (Å²) in [4.78, 5) is 1.12. The molecule has 0 bridgehead atoms. The van der Waals surface area contributed by atoms with Crippen molar-refractivity contribution in [3.63, 3.8) is 0 Å². The van der Waals surface area contributed by atoms with Crippen molar-refractivity contribution in [3.8, 4) is 0 Å². The van der Waals surface area contributed by atoms with Crippen LogP contribution in [0.2, 0.25) is 0 Å². The second-order valence-electron chi connectivity index (χ2n) is 7.10. The SMILES string of the molecule is CC(C)Cc1ccc(S(=O)(=O)NC(C)(C)C)s1.OB(O)c1ccsc1. The first-order valence-electron chi connectivity index (χ1n) is 7.91. The molecule has 0 aliphatic heterocycles. The molecular weight excluding hydrogens is 377 g/mol. The van der Waals surface area contributed by atoms with E-state index in [1.54, 1.807) is 22.9 Å². The first-order chi connectivity index (χ1) is 11.4. The molecule has 0 spiro atoms. The Hall–Kier alpha value is -0.705. The van der Waals surface area contributed by atoms with E-state index in [-0.39, 0.29) is 0 Å². The van der Waals surface area contributed by atoms with E-state index >= 15 is 0 Å². The summed E-state index contributed by atoms with van der Waals surface area (Å²) in [6.07, 6.45) is 0.926. The Balaban J connectivity index is 0.000000324. The van der Waals surface area contributed by atoms with Gasteiger partial charge in [-0.3, -0.25) is 0 Å². The molecule has 3 N–H and O–H groups in total. The lowest BCUT2D eigenvalue weighted by Crippen LogP contribution is -2.40. The van der Waals surface area contributed by atoms with Gasteiger partial charge >= 0.3 is 7.12 Å². The van der Waals surface area contributed by atoms with Gasteiger partial charge in [-0.05, 0) is 61.5 Å². The third-order valence-electron chi connectivity index (χ3n) is 2.79. The highest BCUT2D eigenvalue weighted by molar-refractivity contribution is 7.91. The van der Waals surface area contributed by atoms with E-state index in [0.717, 1.165) is 11.3 Å². The second-order valence-corrected chi connectivity index (χ2v) is 11.0. The van der Waals surface area contributed by atoms with E-state index < -0.39 is 22.7 Å². The van der Waals surface area contributed by atoms with E-state index in [1.807, 2.05) is 26.8 Å². The monoisotopic (exact) mass is 403 g/mol. The van der Waals surface area contributed by atoms with Gasteiger partial charge in [0.05, 0.1) is 0 Å². The second kappa shape index (κ2) is 9.29. The zero-order valence-electron chi connectivity index (χ0n) is 15.2. The van der Waals surface area contributed by atoms with Gasteiger partial charge in [-0.1, -0.05) is 19.9 Å². The molecule has 140 valence electrons. The van der Waals surface area contributed by atoms with Gasteiger partial charge in [0.15, 0.2) is 0 Å². The minimum Gasteiger partial charge on any atom is -0.423 e. The fraction of sp³-hybridized carbons (Fsp3) is 0.500. The van der Waals surface area contributed by atoms with Gasteiger partial charge in [0.2, 0.25) is 0 Å². The molecule has 2 rings (SSSR count). The van der Waals surface area contributed by atoms with Gasteiger partial charge in [-0.2, -0.15) is 11.3 Å². The van der Waals surface area contributed by atoms with Crippen LogP contribution in [0, 0.1) is 5.92 Å². The highest BCUT2D eigenvalue weighted by Gasteiger charge is 2.23. The fourth-order valence-corrected chi connectivity index (χ4v) is 5.55. The number of thiophene rings is 2. The van der Waals surface area contributed by atoms with Gasteiger partial charge in [0, 0.05) is 10.4 Å². The Labute approximate surface area is 158 Å². The molecule has 0 radical (unpaired) electrons. The predicted octanol–water partition coefficient (Wildman–Crippen LogP) is 2.45. The third kappa shape index (κ3) is 8.48. The number of nitrogens with one attached hydrogen (secondary N) is 1. The molecule has 0 unspecified atom stereocenters. The average Bonchev–Trinajstić information content (AvgIpc) is 3.06. The summed E-state index contributed by atoms with van der Waals surface area (Å²) in [5, 5.41) is 20.4. The van der Waals surface area contributed by atoms with Crippen molar-refractivity contribution < 1.29 is 18.5 Å². The van der Waals surface area contributed by atoms with Crippen molar-refractivity contribution in [1.82, 2.24) is 4.72 Å². The van der Waals surface area contributed by atoms with Crippen LogP contribution in [-0.4, -0.2) is 31.1 Å². The molecule has 0 saturated carbocycles. The Morgan fingerprint density at radius 2 is 1.84 bits per heavy atom. The first kappa shape index (κ1) is 22.3. The van der Waals surface area contributed by atoms with Crippen molar-refractivity contribution >= 4 is 45.3 Å². The Morgan fingerprint density at radius 3 is 2.24 bits per heavy atom. The quantitative estimate of drug-likeness (QED) is 0.670. The number of sulfonamides is 1. The van der Waals surface area contributed by atoms with Gasteiger partial charge in [0.25, 0.3) is 10.0 Å². The molecule has 0 saturated heterocycles. The topological polar surface area (TPSA) is 86.6 Å². The molecule has 2 heterocycles. The summed E-state index contributed by atoms with van der Waals surface area (Å²) >= 11 is 2.81. The Bertz CT molecular complexity index is 732. The van der Waals surface area contributed by atoms with Crippen LogP contribution >= 0.6 is 22.7 Å². The van der Waals surface area contributed by atoms with Gasteiger partial charge in [-0.15, -0.1) is 11.3 Å². The van der Waals surface area contributed by atoms with E-state index in [1.165, 1.54) is 22.7 Å². The van der Waals surface area contributed by atoms with E-state index in [2.05, 4.69) is 18.6 Å². The minimum absolute atomic E-state index is 0.406. The summed E-state index contributed by atoms with van der Waals surface area (Å²) in [5.74, 6) is 0.541. The lowest BCUT2D eigenvalue weighted by atomic mass is 9.83. The maximum absolute atomic E-state index is 12.0. The molecule has 0 aliphatic carbocycles. The largest absolute Gasteiger partial charge is 0.489 e. The van der Waals surface area contributed by atoms with Crippen molar-refractivity contribution in [2.24, 2.45) is 5.92 Å². The summed E-state index contributed by atoms with van der Waals surface area (Å²) in [5.41, 5.74) is 0.121. The van der Waals surface area contributed by atoms with Crippen LogP contribution in [0.4, 0.5) is 0 Å². The molecule has 0 aliphatic rings. The molecule has 0 atom stereocenters. The van der Waals surface area contributed by atoms with Crippen LogP contribution in [0.3, 0.4) is 0 Å². The predicted molar refractivity (Wildman–Crippen MR) is 107 cm³/mol. The fourth-order valence-electron chi connectivity index (χ4n) is 1.89. The molecule has 0 fully saturated rings. The van der Waals surface area contributed by atoms with Crippen LogP contribution in [0.5, 0.6) is 0 Å². The van der Waals surface area contributed by atoms with Crippen molar-refractivity contribution in [3.05, 3.63) is 33.8 Å². The lowest BCUT2D eigenvalue weighted by Gasteiger charge is -2.19. The first-order valence-corrected chi connectivity index (χ1v) is 11.2. The molecular formula is C16H26BNO4S3. The molecule has 0 amide bonds. The molecule has 0 aromatic carbocycles. The summed E-state index contributed by atoms with van der Waals surface area (Å²) < 4.78 is 27.2. The van der Waals surface area contributed by atoms with Gasteiger partial charge in [-0.25, -0.2) is 13.1 Å². The summed E-state index contributed by atoms with van der Waals surface area (Å²) in [7, 11) is -4.67. The Morgan fingerprint density at radius 1 is 1.20 bits per heavy atom. The van der Waals surface area contributed by atoms with Crippen molar-refractivity contribution in [2.75, 3.05) is 0 Å². The van der Waals surface area contributed by atoms with E-state index in [0.29, 0.717) is 15.6 Å². The maximum atomic E-state index is 12.0. The molecule has 5 nitrogen and oxygen atoms in total. The summed E-state index contributed by atoms with van der Waals surface area (Å²) in [6, 6.07) is 5.27. The van der Waals surface area contributed by atoms with Gasteiger partial charge in [0.1, 0.15) is 4.21 Å². The number of hydrogen-bond donors (Lipinski definition) is 3. The van der Waals surface area contributed by atoms with Crippen LogP contribution in [-0.2, 0) is 16.4 Å². The average molecular weight is 403 g/mol. The summed E-state index contributed by atoms with van der Waals surface area (Å²) in [6.45, 7) is 9.77. The molecule has 25 heavy (non-hydrogen) atoms.